The fraction of sp³-hybridized carbons (Fsp3) is 0.240. The Bertz CT molecular complexity index is 1100. The molecule has 1 saturated heterocycles. The number of amides is 4. The standard InChI is InChI=1S/C25H25N3O4S/c1-2-14-32-20-12-10-18(11-13-20)26-23(29)16-22-24(30)28(19-7-4-3-5-8-19)25(31)27(22)17-21-9-6-15-33-21/h3-13,15,22H,2,14,16-17H2,1H3,(H,26,29)/t22-/m0/s1. The van der Waals surface area contributed by atoms with Gasteiger partial charge in [0.15, 0.2) is 0 Å². The molecule has 0 aliphatic carbocycles. The van der Waals surface area contributed by atoms with Crippen molar-refractivity contribution in [2.45, 2.75) is 32.4 Å². The molecule has 1 N–H and O–H groups in total. The van der Waals surface area contributed by atoms with E-state index in [9.17, 15) is 14.4 Å². The highest BCUT2D eigenvalue weighted by Crippen LogP contribution is 2.29. The molecular formula is C25H25N3O4S. The van der Waals surface area contributed by atoms with Gasteiger partial charge in [-0.15, -0.1) is 11.3 Å². The third kappa shape index (κ3) is 5.23. The molecule has 0 unspecified atom stereocenters. The summed E-state index contributed by atoms with van der Waals surface area (Å²) in [6.07, 6.45) is 0.780. The number of carbonyl (C=O) groups is 3. The summed E-state index contributed by atoms with van der Waals surface area (Å²) in [7, 11) is 0. The van der Waals surface area contributed by atoms with E-state index in [1.807, 2.05) is 30.5 Å². The molecule has 7 nitrogen and oxygen atoms in total. The lowest BCUT2D eigenvalue weighted by molar-refractivity contribution is -0.124. The summed E-state index contributed by atoms with van der Waals surface area (Å²) in [5.41, 5.74) is 1.10. The van der Waals surface area contributed by atoms with Crippen LogP contribution in [0.15, 0.2) is 72.1 Å². The highest BCUT2D eigenvalue weighted by atomic mass is 32.1. The minimum Gasteiger partial charge on any atom is -0.494 e. The number of hydrogen-bond donors (Lipinski definition) is 1. The Morgan fingerprint density at radius 2 is 1.79 bits per heavy atom. The lowest BCUT2D eigenvalue weighted by Crippen LogP contribution is -2.37. The lowest BCUT2D eigenvalue weighted by atomic mass is 10.1. The second-order valence-corrected chi connectivity index (χ2v) is 8.67. The fourth-order valence-corrected chi connectivity index (χ4v) is 4.34. The second-order valence-electron chi connectivity index (χ2n) is 7.64. The number of ether oxygens (including phenoxy) is 1. The highest BCUT2D eigenvalue weighted by molar-refractivity contribution is 7.09. The molecule has 3 aromatic rings. The number of carbonyl (C=O) groups excluding carboxylic acids is 3. The Balaban J connectivity index is 1.50. The normalized spacial score (nSPS) is 15.7. The highest BCUT2D eigenvalue weighted by Gasteiger charge is 2.46. The van der Waals surface area contributed by atoms with E-state index in [0.717, 1.165) is 21.9 Å². The first-order chi connectivity index (χ1) is 16.1. The molecule has 0 saturated carbocycles. The largest absolute Gasteiger partial charge is 0.494 e. The van der Waals surface area contributed by atoms with Crippen LogP contribution in [0.1, 0.15) is 24.6 Å². The number of nitrogens with zero attached hydrogens (tertiary/aromatic N) is 2. The van der Waals surface area contributed by atoms with Gasteiger partial charge in [0.1, 0.15) is 11.8 Å². The summed E-state index contributed by atoms with van der Waals surface area (Å²) in [4.78, 5) is 42.9. The molecule has 0 radical (unpaired) electrons. The van der Waals surface area contributed by atoms with Crippen LogP contribution >= 0.6 is 11.3 Å². The Morgan fingerprint density at radius 3 is 2.45 bits per heavy atom. The summed E-state index contributed by atoms with van der Waals surface area (Å²) in [5, 5.41) is 4.74. The van der Waals surface area contributed by atoms with Crippen LogP contribution in [0.5, 0.6) is 5.75 Å². The smallest absolute Gasteiger partial charge is 0.332 e. The van der Waals surface area contributed by atoms with Crippen LogP contribution in [0.4, 0.5) is 16.2 Å². The number of benzene rings is 2. The molecule has 2 heterocycles. The van der Waals surface area contributed by atoms with Crippen molar-refractivity contribution < 1.29 is 19.1 Å². The van der Waals surface area contributed by atoms with E-state index < -0.39 is 18.0 Å². The number of para-hydroxylation sites is 1. The first-order valence-electron chi connectivity index (χ1n) is 10.8. The van der Waals surface area contributed by atoms with Crippen LogP contribution in [0, 0.1) is 0 Å². The summed E-state index contributed by atoms with van der Waals surface area (Å²) < 4.78 is 5.56. The van der Waals surface area contributed by atoms with E-state index >= 15 is 0 Å². The van der Waals surface area contributed by atoms with Gasteiger partial charge in [-0.1, -0.05) is 31.2 Å². The van der Waals surface area contributed by atoms with Crippen LogP contribution in [0.2, 0.25) is 0 Å². The molecule has 4 rings (SSSR count). The number of nitrogens with one attached hydrogen (secondary N) is 1. The first-order valence-corrected chi connectivity index (χ1v) is 11.7. The number of imide groups is 1. The predicted octanol–water partition coefficient (Wildman–Crippen LogP) is 4.90. The molecule has 0 bridgehead atoms. The minimum absolute atomic E-state index is 0.132. The van der Waals surface area contributed by atoms with Gasteiger partial charge in [-0.3, -0.25) is 9.59 Å². The molecule has 2 aromatic carbocycles. The van der Waals surface area contributed by atoms with Crippen LogP contribution in [-0.2, 0) is 16.1 Å². The number of anilines is 2. The molecule has 8 heteroatoms. The molecule has 170 valence electrons. The Labute approximate surface area is 196 Å². The second kappa shape index (κ2) is 10.3. The van der Waals surface area contributed by atoms with Gasteiger partial charge in [0.05, 0.1) is 25.3 Å². The fourth-order valence-electron chi connectivity index (χ4n) is 3.64. The predicted molar refractivity (Wildman–Crippen MR) is 128 cm³/mol. The van der Waals surface area contributed by atoms with Gasteiger partial charge in [-0.25, -0.2) is 9.69 Å². The molecule has 1 aliphatic rings. The maximum absolute atomic E-state index is 13.3. The first kappa shape index (κ1) is 22.5. The third-order valence-corrected chi connectivity index (χ3v) is 6.09. The van der Waals surface area contributed by atoms with E-state index in [4.69, 9.17) is 4.74 Å². The molecule has 1 aromatic heterocycles. The summed E-state index contributed by atoms with van der Waals surface area (Å²) >= 11 is 1.50. The zero-order chi connectivity index (χ0) is 23.2. The maximum atomic E-state index is 13.3. The van der Waals surface area contributed by atoms with Crippen molar-refractivity contribution in [1.82, 2.24) is 4.90 Å². The number of thiophene rings is 1. The van der Waals surface area contributed by atoms with Gasteiger partial charge < -0.3 is 15.0 Å². The molecular weight excluding hydrogens is 438 g/mol. The van der Waals surface area contributed by atoms with Crippen molar-refractivity contribution in [2.75, 3.05) is 16.8 Å². The quantitative estimate of drug-likeness (QED) is 0.458. The average Bonchev–Trinajstić information content (AvgIpc) is 3.42. The van der Waals surface area contributed by atoms with E-state index in [1.165, 1.54) is 16.2 Å². The van der Waals surface area contributed by atoms with E-state index in [0.29, 0.717) is 18.0 Å². The van der Waals surface area contributed by atoms with Crippen molar-refractivity contribution in [3.05, 3.63) is 77.0 Å². The van der Waals surface area contributed by atoms with Crippen LogP contribution in [0.3, 0.4) is 0 Å². The molecule has 33 heavy (non-hydrogen) atoms. The molecule has 0 spiro atoms. The SMILES string of the molecule is CCCOc1ccc(NC(=O)C[C@H]2C(=O)N(c3ccccc3)C(=O)N2Cc2cccs2)cc1. The third-order valence-electron chi connectivity index (χ3n) is 5.23. The number of rotatable bonds is 9. The van der Waals surface area contributed by atoms with Crippen molar-refractivity contribution in [1.29, 1.82) is 0 Å². The van der Waals surface area contributed by atoms with Crippen molar-refractivity contribution in [2.24, 2.45) is 0 Å². The van der Waals surface area contributed by atoms with E-state index in [2.05, 4.69) is 5.32 Å². The van der Waals surface area contributed by atoms with Gasteiger partial charge in [-0.2, -0.15) is 0 Å². The summed E-state index contributed by atoms with van der Waals surface area (Å²) in [6, 6.07) is 18.4. The van der Waals surface area contributed by atoms with Gasteiger partial charge in [-0.05, 0) is 54.3 Å². The molecule has 1 atom stereocenters. The van der Waals surface area contributed by atoms with Crippen molar-refractivity contribution in [3.8, 4) is 5.75 Å². The molecule has 4 amide bonds. The Hall–Kier alpha value is -3.65. The van der Waals surface area contributed by atoms with Gasteiger partial charge >= 0.3 is 6.03 Å². The van der Waals surface area contributed by atoms with Crippen LogP contribution < -0.4 is 15.0 Å². The van der Waals surface area contributed by atoms with Gasteiger partial charge in [0.2, 0.25) is 5.91 Å². The van der Waals surface area contributed by atoms with Gasteiger partial charge in [0.25, 0.3) is 5.91 Å². The number of urea groups is 1. The van der Waals surface area contributed by atoms with Crippen molar-refractivity contribution >= 4 is 40.6 Å². The molecule has 1 fully saturated rings. The monoisotopic (exact) mass is 463 g/mol. The Kier molecular flexibility index (Phi) is 7.04. The lowest BCUT2D eigenvalue weighted by Gasteiger charge is -2.21. The van der Waals surface area contributed by atoms with Crippen molar-refractivity contribution in [3.63, 3.8) is 0 Å². The zero-order valence-electron chi connectivity index (χ0n) is 18.3. The summed E-state index contributed by atoms with van der Waals surface area (Å²) in [6.45, 7) is 2.93. The van der Waals surface area contributed by atoms with E-state index in [1.54, 1.807) is 48.5 Å². The number of hydrogen-bond acceptors (Lipinski definition) is 5. The molecule has 1 aliphatic heterocycles. The van der Waals surface area contributed by atoms with Crippen LogP contribution in [-0.4, -0.2) is 35.4 Å². The summed E-state index contributed by atoms with van der Waals surface area (Å²) in [5.74, 6) is -0.0114. The van der Waals surface area contributed by atoms with E-state index in [-0.39, 0.29) is 18.9 Å². The zero-order valence-corrected chi connectivity index (χ0v) is 19.1. The maximum Gasteiger partial charge on any atom is 0.332 e. The van der Waals surface area contributed by atoms with Crippen LogP contribution in [0.25, 0.3) is 0 Å². The van der Waals surface area contributed by atoms with Gasteiger partial charge in [0, 0.05) is 10.6 Å². The average molecular weight is 464 g/mol. The Morgan fingerprint density at radius 1 is 1.03 bits per heavy atom. The topological polar surface area (TPSA) is 79.0 Å². The minimum atomic E-state index is -0.882.